The molecular weight excluding hydrogens is 442 g/mol. The number of nitrogens with zero attached hydrogens (tertiary/aromatic N) is 2. The molecule has 0 spiro atoms. The Kier molecular flexibility index (Phi) is 6.42. The number of benzene rings is 1. The summed E-state index contributed by atoms with van der Waals surface area (Å²) >= 11 is 0. The second-order valence-corrected chi connectivity index (χ2v) is 10.7. The third-order valence-electron chi connectivity index (χ3n) is 8.08. The maximum atomic E-state index is 14.4. The molecule has 2 aliphatic carbocycles. The molecule has 0 bridgehead atoms. The van der Waals surface area contributed by atoms with Crippen molar-refractivity contribution < 1.29 is 27.8 Å². The molecule has 4 fully saturated rings. The summed E-state index contributed by atoms with van der Waals surface area (Å²) in [5, 5.41) is 0. The number of hydrogen-bond acceptors (Lipinski definition) is 4. The Morgan fingerprint density at radius 1 is 1.06 bits per heavy atom. The van der Waals surface area contributed by atoms with Crippen LogP contribution in [0.4, 0.5) is 13.6 Å². The molecule has 4 aliphatic rings. The minimum absolute atomic E-state index is 0.170. The summed E-state index contributed by atoms with van der Waals surface area (Å²) in [4.78, 5) is 27.8. The average molecular weight is 477 g/mol. The molecule has 2 aliphatic heterocycles. The van der Waals surface area contributed by atoms with Crippen molar-refractivity contribution in [2.24, 2.45) is 17.8 Å². The van der Waals surface area contributed by atoms with Crippen LogP contribution >= 0.6 is 0 Å². The molecule has 6 nitrogen and oxygen atoms in total. The summed E-state index contributed by atoms with van der Waals surface area (Å²) in [6.45, 7) is 5.24. The van der Waals surface area contributed by atoms with E-state index >= 15 is 0 Å². The van der Waals surface area contributed by atoms with Gasteiger partial charge in [0.1, 0.15) is 23.0 Å². The number of halogens is 2. The van der Waals surface area contributed by atoms with Crippen LogP contribution in [0.2, 0.25) is 0 Å². The number of ether oxygens (including phenoxy) is 2. The van der Waals surface area contributed by atoms with Gasteiger partial charge >= 0.3 is 6.09 Å². The van der Waals surface area contributed by atoms with Gasteiger partial charge in [0, 0.05) is 43.9 Å². The normalized spacial score (nSPS) is 25.5. The van der Waals surface area contributed by atoms with Gasteiger partial charge in [-0.05, 0) is 69.6 Å². The van der Waals surface area contributed by atoms with Gasteiger partial charge in [-0.25, -0.2) is 13.6 Å². The van der Waals surface area contributed by atoms with Crippen molar-refractivity contribution in [2.75, 3.05) is 32.8 Å². The van der Waals surface area contributed by atoms with Crippen LogP contribution in [-0.2, 0) is 16.0 Å². The van der Waals surface area contributed by atoms with Crippen LogP contribution in [0.15, 0.2) is 12.1 Å². The highest BCUT2D eigenvalue weighted by Crippen LogP contribution is 2.50. The van der Waals surface area contributed by atoms with Crippen molar-refractivity contribution >= 4 is 12.0 Å². The fourth-order valence-electron chi connectivity index (χ4n) is 5.23. The maximum Gasteiger partial charge on any atom is 0.410 e. The van der Waals surface area contributed by atoms with E-state index in [2.05, 4.69) is 0 Å². The van der Waals surface area contributed by atoms with Crippen molar-refractivity contribution in [1.82, 2.24) is 9.80 Å². The molecule has 0 radical (unpaired) electrons. The molecule has 0 aromatic heterocycles. The minimum Gasteiger partial charge on any atom is -0.493 e. The van der Waals surface area contributed by atoms with E-state index in [0.717, 1.165) is 58.0 Å². The van der Waals surface area contributed by atoms with Gasteiger partial charge in [0.25, 0.3) is 0 Å². The van der Waals surface area contributed by atoms with Gasteiger partial charge in [-0.2, -0.15) is 0 Å². The zero-order valence-corrected chi connectivity index (χ0v) is 19.9. The number of piperidine rings is 1. The lowest BCUT2D eigenvalue weighted by atomic mass is 9.91. The van der Waals surface area contributed by atoms with Gasteiger partial charge in [-0.3, -0.25) is 4.79 Å². The first kappa shape index (κ1) is 23.4. The highest BCUT2D eigenvalue weighted by atomic mass is 19.1. The monoisotopic (exact) mass is 476 g/mol. The standard InChI is InChI=1S/C26H34F2N2O4/c1-26(6-7-26)34-25(32)30-10-3-17(4-11-30)20-13-18(20)5-12-33-19-14-22(27)21(23(28)15-19)16-24(31)29-8-2-9-29/h14-15,17-18,20H,2-13,16H2,1H3/t18-,20+/m0/s1. The Morgan fingerprint density at radius 3 is 2.32 bits per heavy atom. The van der Waals surface area contributed by atoms with Gasteiger partial charge in [0.15, 0.2) is 0 Å². The molecule has 0 N–H and O–H groups in total. The molecular formula is C26H34F2N2O4. The largest absolute Gasteiger partial charge is 0.493 e. The number of rotatable bonds is 8. The topological polar surface area (TPSA) is 59.1 Å². The predicted octanol–water partition coefficient (Wildman–Crippen LogP) is 4.55. The summed E-state index contributed by atoms with van der Waals surface area (Å²) in [6, 6.07) is 2.37. The number of likely N-dealkylation sites (tertiary alicyclic amines) is 2. The Labute approximate surface area is 199 Å². The maximum absolute atomic E-state index is 14.4. The molecule has 2 amide bonds. The molecule has 2 saturated heterocycles. The van der Waals surface area contributed by atoms with E-state index in [0.29, 0.717) is 37.5 Å². The first-order valence-electron chi connectivity index (χ1n) is 12.7. The number of carbonyl (C=O) groups excluding carboxylic acids is 2. The Morgan fingerprint density at radius 2 is 1.74 bits per heavy atom. The summed E-state index contributed by atoms with van der Waals surface area (Å²) < 4.78 is 40.1. The van der Waals surface area contributed by atoms with Crippen molar-refractivity contribution in [3.05, 3.63) is 29.3 Å². The van der Waals surface area contributed by atoms with Crippen LogP contribution in [0.25, 0.3) is 0 Å². The van der Waals surface area contributed by atoms with Crippen molar-refractivity contribution in [1.29, 1.82) is 0 Å². The van der Waals surface area contributed by atoms with Crippen LogP contribution in [0.3, 0.4) is 0 Å². The van der Waals surface area contributed by atoms with Crippen molar-refractivity contribution in [2.45, 2.75) is 63.9 Å². The highest BCUT2D eigenvalue weighted by Gasteiger charge is 2.45. The zero-order valence-electron chi connectivity index (χ0n) is 19.9. The van der Waals surface area contributed by atoms with Crippen LogP contribution in [0, 0.1) is 29.4 Å². The van der Waals surface area contributed by atoms with Gasteiger partial charge < -0.3 is 19.3 Å². The Balaban J connectivity index is 1.02. The molecule has 1 aromatic rings. The first-order chi connectivity index (χ1) is 16.3. The van der Waals surface area contributed by atoms with E-state index in [4.69, 9.17) is 9.47 Å². The number of hydrogen-bond donors (Lipinski definition) is 0. The smallest absolute Gasteiger partial charge is 0.410 e. The van der Waals surface area contributed by atoms with E-state index in [1.807, 2.05) is 11.8 Å². The number of carbonyl (C=O) groups is 2. The fourth-order valence-corrected chi connectivity index (χ4v) is 5.23. The van der Waals surface area contributed by atoms with Crippen molar-refractivity contribution in [3.8, 4) is 5.75 Å². The molecule has 5 rings (SSSR count). The fraction of sp³-hybridized carbons (Fsp3) is 0.692. The van der Waals surface area contributed by atoms with Gasteiger partial charge in [-0.15, -0.1) is 0 Å². The molecule has 8 heteroatoms. The quantitative estimate of drug-likeness (QED) is 0.553. The minimum atomic E-state index is -0.728. The van der Waals surface area contributed by atoms with Crippen LogP contribution < -0.4 is 4.74 Å². The van der Waals surface area contributed by atoms with E-state index in [-0.39, 0.29) is 35.3 Å². The summed E-state index contributed by atoms with van der Waals surface area (Å²) in [6.07, 6.45) is 6.45. The zero-order chi connectivity index (χ0) is 23.9. The molecule has 2 saturated carbocycles. The average Bonchev–Trinajstić information content (AvgIpc) is 3.68. The molecule has 34 heavy (non-hydrogen) atoms. The van der Waals surface area contributed by atoms with Crippen molar-refractivity contribution in [3.63, 3.8) is 0 Å². The Bertz CT molecular complexity index is 916. The lowest BCUT2D eigenvalue weighted by molar-refractivity contribution is -0.133. The summed E-state index contributed by atoms with van der Waals surface area (Å²) in [7, 11) is 0. The third kappa shape index (κ3) is 5.31. The molecule has 2 heterocycles. The molecule has 0 unspecified atom stereocenters. The highest BCUT2D eigenvalue weighted by molar-refractivity contribution is 5.79. The summed E-state index contributed by atoms with van der Waals surface area (Å²) in [5.74, 6) is 0.302. The van der Waals surface area contributed by atoms with Gasteiger partial charge in [-0.1, -0.05) is 0 Å². The van der Waals surface area contributed by atoms with E-state index in [9.17, 15) is 18.4 Å². The molecule has 2 atom stereocenters. The molecule has 1 aromatic carbocycles. The number of amides is 2. The van der Waals surface area contributed by atoms with Crippen LogP contribution in [0.1, 0.15) is 57.4 Å². The second-order valence-electron chi connectivity index (χ2n) is 10.7. The lowest BCUT2D eigenvalue weighted by Gasteiger charge is -2.32. The SMILES string of the molecule is CC1(OC(=O)N2CCC([C@H]3C[C@@H]3CCOc3cc(F)c(CC(=O)N4CCC4)c(F)c3)CC2)CC1. The second kappa shape index (κ2) is 9.34. The first-order valence-corrected chi connectivity index (χ1v) is 12.7. The van der Waals surface area contributed by atoms with Crippen LogP contribution in [-0.4, -0.2) is 60.2 Å². The van der Waals surface area contributed by atoms with E-state index in [1.165, 1.54) is 12.1 Å². The summed E-state index contributed by atoms with van der Waals surface area (Å²) in [5.41, 5.74) is -0.416. The van der Waals surface area contributed by atoms with E-state index < -0.39 is 11.6 Å². The lowest BCUT2D eigenvalue weighted by Crippen LogP contribution is -2.43. The predicted molar refractivity (Wildman–Crippen MR) is 121 cm³/mol. The van der Waals surface area contributed by atoms with E-state index in [1.54, 1.807) is 4.90 Å². The van der Waals surface area contributed by atoms with Crippen LogP contribution in [0.5, 0.6) is 5.75 Å². The third-order valence-corrected chi connectivity index (χ3v) is 8.08. The van der Waals surface area contributed by atoms with Gasteiger partial charge in [0.05, 0.1) is 13.0 Å². The van der Waals surface area contributed by atoms with Gasteiger partial charge in [0.2, 0.25) is 5.91 Å². The molecule has 186 valence electrons. The Hall–Kier alpha value is -2.38.